The van der Waals surface area contributed by atoms with Crippen LogP contribution in [0.1, 0.15) is 18.1 Å². The zero-order valence-electron chi connectivity index (χ0n) is 16.0. The van der Waals surface area contributed by atoms with Crippen LogP contribution in [0.4, 0.5) is 5.69 Å². The summed E-state index contributed by atoms with van der Waals surface area (Å²) in [6.45, 7) is 2.10. The first kappa shape index (κ1) is 19.8. The number of aromatic nitrogens is 2. The van der Waals surface area contributed by atoms with Crippen LogP contribution >= 0.6 is 0 Å². The largest absolute Gasteiger partial charge is 0.463 e. The minimum Gasteiger partial charge on any atom is -0.463 e. The van der Waals surface area contributed by atoms with Crippen molar-refractivity contribution in [1.82, 2.24) is 9.78 Å². The van der Waals surface area contributed by atoms with E-state index in [9.17, 15) is 9.59 Å². The highest BCUT2D eigenvalue weighted by Gasteiger charge is 2.01. The number of nitrogens with one attached hydrogen (secondary N) is 1. The molecule has 0 radical (unpaired) electrons. The molecule has 1 N–H and O–H groups in total. The zero-order valence-corrected chi connectivity index (χ0v) is 16.0. The quantitative estimate of drug-likeness (QED) is 0.489. The van der Waals surface area contributed by atoms with E-state index in [1.807, 2.05) is 36.5 Å². The Hall–Kier alpha value is -3.93. The molecule has 0 spiro atoms. The van der Waals surface area contributed by atoms with Crippen LogP contribution in [0.25, 0.3) is 17.8 Å². The summed E-state index contributed by atoms with van der Waals surface area (Å²) >= 11 is 0. The summed E-state index contributed by atoms with van der Waals surface area (Å²) in [7, 11) is 0. The van der Waals surface area contributed by atoms with E-state index in [4.69, 9.17) is 4.74 Å². The van der Waals surface area contributed by atoms with E-state index < -0.39 is 0 Å². The van der Waals surface area contributed by atoms with Gasteiger partial charge in [-0.25, -0.2) is 9.48 Å². The Morgan fingerprint density at radius 3 is 2.45 bits per heavy atom. The molecule has 146 valence electrons. The molecule has 0 bridgehead atoms. The lowest BCUT2D eigenvalue weighted by atomic mass is 10.2. The molecule has 1 aromatic heterocycles. The van der Waals surface area contributed by atoms with Gasteiger partial charge in [0.15, 0.2) is 0 Å². The number of benzene rings is 2. The van der Waals surface area contributed by atoms with Crippen LogP contribution in [0.15, 0.2) is 79.1 Å². The Morgan fingerprint density at radius 2 is 1.72 bits per heavy atom. The summed E-state index contributed by atoms with van der Waals surface area (Å²) in [6, 6.07) is 16.9. The third-order valence-electron chi connectivity index (χ3n) is 3.93. The Labute approximate surface area is 169 Å². The highest BCUT2D eigenvalue weighted by Crippen LogP contribution is 2.12. The number of hydrogen-bond donors (Lipinski definition) is 1. The maximum absolute atomic E-state index is 12.1. The fraction of sp³-hybridized carbons (Fsp3) is 0.0870. The number of carbonyl (C=O) groups excluding carboxylic acids is 2. The van der Waals surface area contributed by atoms with Gasteiger partial charge in [0.05, 0.1) is 18.5 Å². The number of hydrogen-bond acceptors (Lipinski definition) is 4. The number of anilines is 1. The van der Waals surface area contributed by atoms with Crippen LogP contribution in [-0.2, 0) is 14.3 Å². The average molecular weight is 387 g/mol. The third-order valence-corrected chi connectivity index (χ3v) is 3.93. The molecule has 0 saturated carbocycles. The van der Waals surface area contributed by atoms with Crippen LogP contribution < -0.4 is 5.32 Å². The first-order chi connectivity index (χ1) is 14.1. The fourth-order valence-electron chi connectivity index (χ4n) is 2.53. The standard InChI is InChI=1S/C23H21N3O3/c1-2-29-23(28)15-11-18-8-12-20(13-9-18)25-22(27)14-10-19-16-24-26(17-19)21-6-4-3-5-7-21/h3-17H,2H2,1H3,(H,25,27)/b14-10+,15-11+. The van der Waals surface area contributed by atoms with Gasteiger partial charge in [-0.3, -0.25) is 4.79 Å². The first-order valence-electron chi connectivity index (χ1n) is 9.18. The molecule has 3 rings (SSSR count). The zero-order chi connectivity index (χ0) is 20.5. The van der Waals surface area contributed by atoms with Crippen molar-refractivity contribution in [2.24, 2.45) is 0 Å². The summed E-state index contributed by atoms with van der Waals surface area (Å²) in [5.74, 6) is -0.627. The van der Waals surface area contributed by atoms with Crippen molar-refractivity contribution in [3.63, 3.8) is 0 Å². The third kappa shape index (κ3) is 6.04. The number of rotatable bonds is 7. The van der Waals surface area contributed by atoms with Crippen molar-refractivity contribution in [2.45, 2.75) is 6.92 Å². The van der Waals surface area contributed by atoms with Crippen LogP contribution in [0.3, 0.4) is 0 Å². The summed E-state index contributed by atoms with van der Waals surface area (Å²) in [6.07, 6.45) is 9.74. The van der Waals surface area contributed by atoms with E-state index in [-0.39, 0.29) is 11.9 Å². The van der Waals surface area contributed by atoms with Gasteiger partial charge >= 0.3 is 5.97 Å². The van der Waals surface area contributed by atoms with Crippen molar-refractivity contribution in [3.05, 3.63) is 90.3 Å². The number of amides is 1. The maximum atomic E-state index is 12.1. The molecule has 1 amide bonds. The molecular formula is C23H21N3O3. The van der Waals surface area contributed by atoms with Crippen molar-refractivity contribution in [3.8, 4) is 5.69 Å². The van der Waals surface area contributed by atoms with Gasteiger partial charge < -0.3 is 10.1 Å². The lowest BCUT2D eigenvalue weighted by molar-refractivity contribution is -0.137. The fourth-order valence-corrected chi connectivity index (χ4v) is 2.53. The van der Waals surface area contributed by atoms with Gasteiger partial charge in [0.25, 0.3) is 0 Å². The van der Waals surface area contributed by atoms with Gasteiger partial charge in [0.1, 0.15) is 0 Å². The molecule has 0 atom stereocenters. The summed E-state index contributed by atoms with van der Waals surface area (Å²) < 4.78 is 6.58. The Morgan fingerprint density at radius 1 is 1.00 bits per heavy atom. The number of ether oxygens (including phenoxy) is 1. The Kier molecular flexibility index (Phi) is 6.73. The van der Waals surface area contributed by atoms with E-state index in [0.29, 0.717) is 12.3 Å². The molecule has 0 saturated heterocycles. The number of carbonyl (C=O) groups is 2. The van der Waals surface area contributed by atoms with Crippen molar-refractivity contribution in [2.75, 3.05) is 11.9 Å². The highest BCUT2D eigenvalue weighted by atomic mass is 16.5. The number of esters is 1. The molecule has 29 heavy (non-hydrogen) atoms. The monoisotopic (exact) mass is 387 g/mol. The number of para-hydroxylation sites is 1. The summed E-state index contributed by atoms with van der Waals surface area (Å²) in [4.78, 5) is 23.5. The van der Waals surface area contributed by atoms with Crippen LogP contribution in [-0.4, -0.2) is 28.3 Å². The van der Waals surface area contributed by atoms with Crippen LogP contribution in [0.2, 0.25) is 0 Å². The minimum absolute atomic E-state index is 0.243. The second-order valence-corrected chi connectivity index (χ2v) is 6.08. The van der Waals surface area contributed by atoms with Gasteiger partial charge in [0, 0.05) is 29.6 Å². The van der Waals surface area contributed by atoms with Crippen molar-refractivity contribution < 1.29 is 14.3 Å². The molecular weight excluding hydrogens is 366 g/mol. The van der Waals surface area contributed by atoms with Crippen LogP contribution in [0, 0.1) is 0 Å². The Balaban J connectivity index is 1.55. The molecule has 6 heteroatoms. The molecule has 0 aliphatic carbocycles. The van der Waals surface area contributed by atoms with E-state index in [2.05, 4.69) is 10.4 Å². The minimum atomic E-state index is -0.384. The molecule has 0 unspecified atom stereocenters. The first-order valence-corrected chi connectivity index (χ1v) is 9.18. The summed E-state index contributed by atoms with van der Waals surface area (Å²) in [5.41, 5.74) is 3.27. The van der Waals surface area contributed by atoms with Gasteiger partial charge in [0.2, 0.25) is 5.91 Å². The predicted molar refractivity (Wildman–Crippen MR) is 113 cm³/mol. The molecule has 6 nitrogen and oxygen atoms in total. The van der Waals surface area contributed by atoms with Crippen molar-refractivity contribution in [1.29, 1.82) is 0 Å². The van der Waals surface area contributed by atoms with Crippen LogP contribution in [0.5, 0.6) is 0 Å². The van der Waals surface area contributed by atoms with E-state index >= 15 is 0 Å². The van der Waals surface area contributed by atoms with E-state index in [1.54, 1.807) is 54.2 Å². The van der Waals surface area contributed by atoms with Gasteiger partial charge in [-0.2, -0.15) is 5.10 Å². The second-order valence-electron chi connectivity index (χ2n) is 6.08. The molecule has 3 aromatic rings. The van der Waals surface area contributed by atoms with Gasteiger partial charge in [-0.15, -0.1) is 0 Å². The topological polar surface area (TPSA) is 73.2 Å². The highest BCUT2D eigenvalue weighted by molar-refractivity contribution is 6.02. The lowest BCUT2D eigenvalue weighted by Gasteiger charge is -2.02. The molecule has 0 aliphatic rings. The smallest absolute Gasteiger partial charge is 0.330 e. The molecule has 0 fully saturated rings. The number of nitrogens with zero attached hydrogens (tertiary/aromatic N) is 2. The van der Waals surface area contributed by atoms with Crippen molar-refractivity contribution >= 4 is 29.7 Å². The lowest BCUT2D eigenvalue weighted by Crippen LogP contribution is -2.07. The predicted octanol–water partition coefficient (Wildman–Crippen LogP) is 4.10. The molecule has 0 aliphatic heterocycles. The summed E-state index contributed by atoms with van der Waals surface area (Å²) in [5, 5.41) is 7.09. The van der Waals surface area contributed by atoms with E-state index in [0.717, 1.165) is 16.8 Å². The Bertz CT molecular complexity index is 1020. The van der Waals surface area contributed by atoms with Gasteiger partial charge in [-0.05, 0) is 48.9 Å². The molecule has 2 aromatic carbocycles. The SMILES string of the molecule is CCOC(=O)/C=C/c1ccc(NC(=O)/C=C/c2cnn(-c3ccccc3)c2)cc1. The molecule has 1 heterocycles. The van der Waals surface area contributed by atoms with E-state index in [1.165, 1.54) is 12.2 Å². The second kappa shape index (κ2) is 9.85. The maximum Gasteiger partial charge on any atom is 0.330 e. The average Bonchev–Trinajstić information content (AvgIpc) is 3.22. The van der Waals surface area contributed by atoms with Gasteiger partial charge in [-0.1, -0.05) is 30.3 Å². The normalized spacial score (nSPS) is 11.1.